The first-order valence-corrected chi connectivity index (χ1v) is 8.99. The molecule has 1 aromatic rings. The number of ether oxygens (including phenoxy) is 1. The number of hydrogen-bond donors (Lipinski definition) is 1. The number of benzene rings is 1. The molecule has 3 rings (SSSR count). The number of aliphatic hydroxyl groups is 1. The number of Topliss-reactive ketones (excluding diaryl/α,β-unsaturated/α-hetero) is 1. The van der Waals surface area contributed by atoms with E-state index in [9.17, 15) is 14.7 Å². The molecule has 1 N–H and O–H groups in total. The Kier molecular flexibility index (Phi) is 5.04. The number of esters is 1. The largest absolute Gasteiger partial charge is 0.458 e. The van der Waals surface area contributed by atoms with E-state index in [1.807, 2.05) is 24.3 Å². The minimum absolute atomic E-state index is 0.0163. The van der Waals surface area contributed by atoms with Crippen LogP contribution in [0.1, 0.15) is 69.1 Å². The highest BCUT2D eigenvalue weighted by Gasteiger charge is 2.47. The van der Waals surface area contributed by atoms with Gasteiger partial charge in [0, 0.05) is 6.42 Å². The second-order valence-corrected chi connectivity index (χ2v) is 7.33. The molecule has 1 aromatic carbocycles. The van der Waals surface area contributed by atoms with Crippen molar-refractivity contribution in [2.24, 2.45) is 5.92 Å². The molecule has 24 heavy (non-hydrogen) atoms. The van der Waals surface area contributed by atoms with Crippen LogP contribution in [0.4, 0.5) is 0 Å². The van der Waals surface area contributed by atoms with Gasteiger partial charge in [0.15, 0.2) is 0 Å². The van der Waals surface area contributed by atoms with Crippen molar-refractivity contribution in [1.82, 2.24) is 0 Å². The van der Waals surface area contributed by atoms with Crippen LogP contribution in [-0.2, 0) is 20.7 Å². The van der Waals surface area contributed by atoms with Crippen LogP contribution in [0.5, 0.6) is 0 Å². The summed E-state index contributed by atoms with van der Waals surface area (Å²) in [6.07, 6.45) is 5.69. The fourth-order valence-electron chi connectivity index (χ4n) is 4.20. The average molecular weight is 330 g/mol. The van der Waals surface area contributed by atoms with Gasteiger partial charge < -0.3 is 9.84 Å². The van der Waals surface area contributed by atoms with Gasteiger partial charge in [-0.3, -0.25) is 9.59 Å². The zero-order chi connectivity index (χ0) is 17.2. The Labute approximate surface area is 143 Å². The van der Waals surface area contributed by atoms with E-state index in [2.05, 4.69) is 0 Å². The standard InChI is InChI=1S/C20H26O4/c1-14(21)16-8-6-15(7-9-16)10-11-20(17-4-2-3-5-17)13-18(22)12-19(23)24-20/h6-9,14,17,21H,2-5,10-13H2,1H3/t14-,20?/m1/s1. The minimum atomic E-state index is -0.605. The lowest BCUT2D eigenvalue weighted by atomic mass is 9.76. The minimum Gasteiger partial charge on any atom is -0.458 e. The average Bonchev–Trinajstić information content (AvgIpc) is 3.07. The fraction of sp³-hybridized carbons (Fsp3) is 0.600. The van der Waals surface area contributed by atoms with Crippen LogP contribution in [0.15, 0.2) is 24.3 Å². The van der Waals surface area contributed by atoms with Gasteiger partial charge in [-0.05, 0) is 49.7 Å². The maximum Gasteiger partial charge on any atom is 0.313 e. The lowest BCUT2D eigenvalue weighted by Crippen LogP contribution is -2.48. The van der Waals surface area contributed by atoms with Crippen LogP contribution in [-0.4, -0.2) is 22.5 Å². The summed E-state index contributed by atoms with van der Waals surface area (Å²) < 4.78 is 5.81. The van der Waals surface area contributed by atoms with Crippen LogP contribution >= 0.6 is 0 Å². The summed E-state index contributed by atoms with van der Waals surface area (Å²) in [7, 11) is 0. The van der Waals surface area contributed by atoms with Gasteiger partial charge in [-0.1, -0.05) is 37.1 Å². The summed E-state index contributed by atoms with van der Waals surface area (Å²) in [5.41, 5.74) is 1.43. The molecule has 1 aliphatic carbocycles. The predicted molar refractivity (Wildman–Crippen MR) is 90.4 cm³/mol. The van der Waals surface area contributed by atoms with Crippen LogP contribution in [0.3, 0.4) is 0 Å². The number of aryl methyl sites for hydroxylation is 1. The smallest absolute Gasteiger partial charge is 0.313 e. The molecule has 4 heteroatoms. The highest BCUT2D eigenvalue weighted by Crippen LogP contribution is 2.43. The van der Waals surface area contributed by atoms with E-state index in [-0.39, 0.29) is 18.2 Å². The molecular weight excluding hydrogens is 304 g/mol. The normalized spacial score (nSPS) is 26.4. The Morgan fingerprint density at radius 3 is 2.46 bits per heavy atom. The second kappa shape index (κ2) is 7.06. The SMILES string of the molecule is C[C@@H](O)c1ccc(CCC2(C3CCCC3)CC(=O)CC(=O)O2)cc1. The number of cyclic esters (lactones) is 1. The molecule has 0 radical (unpaired) electrons. The second-order valence-electron chi connectivity index (χ2n) is 7.33. The first-order chi connectivity index (χ1) is 11.5. The molecule has 1 unspecified atom stereocenters. The molecular formula is C20H26O4. The Balaban J connectivity index is 1.74. The quantitative estimate of drug-likeness (QED) is 0.663. The van der Waals surface area contributed by atoms with Crippen LogP contribution in [0, 0.1) is 5.92 Å². The van der Waals surface area contributed by atoms with E-state index in [1.54, 1.807) is 6.92 Å². The number of ketones is 1. The summed E-state index contributed by atoms with van der Waals surface area (Å²) in [4.78, 5) is 24.0. The number of rotatable bonds is 5. The molecule has 2 fully saturated rings. The molecule has 2 atom stereocenters. The van der Waals surface area contributed by atoms with E-state index in [0.717, 1.165) is 43.2 Å². The summed E-state index contributed by atoms with van der Waals surface area (Å²) in [5, 5.41) is 9.60. The first-order valence-electron chi connectivity index (χ1n) is 8.99. The Morgan fingerprint density at radius 1 is 1.21 bits per heavy atom. The highest BCUT2D eigenvalue weighted by molar-refractivity contribution is 5.98. The Hall–Kier alpha value is -1.68. The number of carbonyl (C=O) groups excluding carboxylic acids is 2. The molecule has 1 saturated heterocycles. The first kappa shape index (κ1) is 17.2. The van der Waals surface area contributed by atoms with Crippen molar-refractivity contribution in [2.45, 2.75) is 70.0 Å². The van der Waals surface area contributed by atoms with Crippen molar-refractivity contribution in [3.05, 3.63) is 35.4 Å². The molecule has 0 spiro atoms. The van der Waals surface area contributed by atoms with E-state index < -0.39 is 11.7 Å². The van der Waals surface area contributed by atoms with Gasteiger partial charge in [-0.15, -0.1) is 0 Å². The molecule has 2 aliphatic rings. The molecule has 1 saturated carbocycles. The van der Waals surface area contributed by atoms with Crippen LogP contribution in [0.25, 0.3) is 0 Å². The lowest BCUT2D eigenvalue weighted by Gasteiger charge is -2.41. The van der Waals surface area contributed by atoms with E-state index in [0.29, 0.717) is 18.8 Å². The monoisotopic (exact) mass is 330 g/mol. The van der Waals surface area contributed by atoms with Crippen LogP contribution < -0.4 is 0 Å². The predicted octanol–water partition coefficient (Wildman–Crippen LogP) is 3.51. The van der Waals surface area contributed by atoms with Crippen molar-refractivity contribution in [3.8, 4) is 0 Å². The van der Waals surface area contributed by atoms with E-state index >= 15 is 0 Å². The maximum atomic E-state index is 12.0. The van der Waals surface area contributed by atoms with Gasteiger partial charge in [0.05, 0.1) is 6.10 Å². The van der Waals surface area contributed by atoms with E-state index in [4.69, 9.17) is 4.74 Å². The zero-order valence-corrected chi connectivity index (χ0v) is 14.3. The highest BCUT2D eigenvalue weighted by atomic mass is 16.6. The third-order valence-corrected chi connectivity index (χ3v) is 5.55. The summed E-state index contributed by atoms with van der Waals surface area (Å²) >= 11 is 0. The number of carbonyl (C=O) groups is 2. The summed E-state index contributed by atoms with van der Waals surface area (Å²) in [6.45, 7) is 1.75. The molecule has 1 heterocycles. The van der Waals surface area contributed by atoms with Crippen molar-refractivity contribution in [1.29, 1.82) is 0 Å². The molecule has 0 amide bonds. The van der Waals surface area contributed by atoms with Gasteiger partial charge in [0.25, 0.3) is 0 Å². The van der Waals surface area contributed by atoms with Gasteiger partial charge >= 0.3 is 5.97 Å². The Bertz CT molecular complexity index is 581. The fourth-order valence-corrected chi connectivity index (χ4v) is 4.20. The summed E-state index contributed by atoms with van der Waals surface area (Å²) in [6, 6.07) is 7.88. The topological polar surface area (TPSA) is 63.6 Å². The molecule has 1 aliphatic heterocycles. The third-order valence-electron chi connectivity index (χ3n) is 5.55. The van der Waals surface area contributed by atoms with Gasteiger partial charge in [-0.2, -0.15) is 0 Å². The maximum absolute atomic E-state index is 12.0. The van der Waals surface area contributed by atoms with Gasteiger partial charge in [0.1, 0.15) is 17.8 Å². The third kappa shape index (κ3) is 3.69. The number of aliphatic hydroxyl groups excluding tert-OH is 1. The van der Waals surface area contributed by atoms with Crippen molar-refractivity contribution < 1.29 is 19.4 Å². The van der Waals surface area contributed by atoms with Crippen molar-refractivity contribution in [3.63, 3.8) is 0 Å². The van der Waals surface area contributed by atoms with Crippen LogP contribution in [0.2, 0.25) is 0 Å². The molecule has 130 valence electrons. The van der Waals surface area contributed by atoms with Gasteiger partial charge in [-0.25, -0.2) is 0 Å². The van der Waals surface area contributed by atoms with Gasteiger partial charge in [0.2, 0.25) is 0 Å². The molecule has 0 bridgehead atoms. The summed E-state index contributed by atoms with van der Waals surface area (Å²) in [5.74, 6) is -0.0346. The molecule has 4 nitrogen and oxygen atoms in total. The van der Waals surface area contributed by atoms with Crippen molar-refractivity contribution >= 4 is 11.8 Å². The zero-order valence-electron chi connectivity index (χ0n) is 14.3. The lowest BCUT2D eigenvalue weighted by molar-refractivity contribution is -0.178. The Morgan fingerprint density at radius 2 is 1.88 bits per heavy atom. The van der Waals surface area contributed by atoms with Crippen molar-refractivity contribution in [2.75, 3.05) is 0 Å². The number of hydrogen-bond acceptors (Lipinski definition) is 4. The molecule has 0 aromatic heterocycles. The van der Waals surface area contributed by atoms with E-state index in [1.165, 1.54) is 0 Å².